The van der Waals surface area contributed by atoms with Crippen molar-refractivity contribution in [2.45, 2.75) is 45.6 Å². The molecule has 0 atom stereocenters. The number of aliphatic hydroxyl groups is 1. The monoisotopic (exact) mass is 271 g/mol. The number of hydrogen-bond donors (Lipinski definition) is 3. The summed E-state index contributed by atoms with van der Waals surface area (Å²) in [7, 11) is 0. The highest BCUT2D eigenvalue weighted by Gasteiger charge is 2.22. The Morgan fingerprint density at radius 1 is 1.44 bits per heavy atom. The van der Waals surface area contributed by atoms with E-state index in [1.807, 2.05) is 20.8 Å². The zero-order valence-electron chi connectivity index (χ0n) is 11.1. The lowest BCUT2D eigenvalue weighted by atomic mass is 9.98. The number of urea groups is 1. The zero-order valence-corrected chi connectivity index (χ0v) is 11.9. The van der Waals surface area contributed by atoms with Crippen LogP contribution in [0.25, 0.3) is 0 Å². The lowest BCUT2D eigenvalue weighted by Gasteiger charge is -2.25. The molecule has 0 unspecified atom stereocenters. The summed E-state index contributed by atoms with van der Waals surface area (Å²) in [5, 5.41) is 15.9. The summed E-state index contributed by atoms with van der Waals surface area (Å²) in [5.41, 5.74) is -0.825. The number of rotatable bonds is 6. The van der Waals surface area contributed by atoms with Gasteiger partial charge in [-0.25, -0.2) is 9.78 Å². The van der Waals surface area contributed by atoms with E-state index in [0.29, 0.717) is 18.0 Å². The number of amides is 2. The van der Waals surface area contributed by atoms with Gasteiger partial charge in [0.05, 0.1) is 5.60 Å². The van der Waals surface area contributed by atoms with Crippen LogP contribution in [0.3, 0.4) is 0 Å². The van der Waals surface area contributed by atoms with Crippen molar-refractivity contribution in [2.75, 3.05) is 11.9 Å². The van der Waals surface area contributed by atoms with Crippen molar-refractivity contribution in [3.63, 3.8) is 0 Å². The Labute approximate surface area is 112 Å². The second-order valence-electron chi connectivity index (χ2n) is 4.22. The molecule has 6 heteroatoms. The number of carbonyl (C=O) groups is 1. The molecule has 1 aromatic heterocycles. The molecule has 5 nitrogen and oxygen atoms in total. The van der Waals surface area contributed by atoms with Crippen LogP contribution in [-0.2, 0) is 6.42 Å². The first-order chi connectivity index (χ1) is 8.53. The first-order valence-corrected chi connectivity index (χ1v) is 7.06. The van der Waals surface area contributed by atoms with Gasteiger partial charge >= 0.3 is 6.03 Å². The molecule has 0 radical (unpaired) electrons. The number of nitrogens with one attached hydrogen (secondary N) is 2. The molecule has 0 saturated carbocycles. The smallest absolute Gasteiger partial charge is 0.321 e. The quantitative estimate of drug-likeness (QED) is 0.743. The predicted octanol–water partition coefficient (Wildman–Crippen LogP) is 2.38. The Hall–Kier alpha value is -1.14. The standard InChI is InChI=1S/C12H21N3O2S/c1-4-9-7-13-11(18-9)15-10(16)14-8-12(17,5-2)6-3/h7,17H,4-6,8H2,1-3H3,(H2,13,14,15,16). The fourth-order valence-corrected chi connectivity index (χ4v) is 2.16. The SMILES string of the molecule is CCc1cnc(NC(=O)NCC(O)(CC)CC)s1. The van der Waals surface area contributed by atoms with E-state index in [2.05, 4.69) is 15.6 Å². The molecule has 1 heterocycles. The van der Waals surface area contributed by atoms with Gasteiger partial charge in [0, 0.05) is 17.6 Å². The van der Waals surface area contributed by atoms with Gasteiger partial charge in [-0.1, -0.05) is 20.8 Å². The number of nitrogens with zero attached hydrogens (tertiary/aromatic N) is 1. The van der Waals surface area contributed by atoms with E-state index in [9.17, 15) is 9.90 Å². The van der Waals surface area contributed by atoms with Crippen LogP contribution in [0.1, 0.15) is 38.5 Å². The van der Waals surface area contributed by atoms with Gasteiger partial charge in [0.2, 0.25) is 0 Å². The molecule has 0 aliphatic carbocycles. The van der Waals surface area contributed by atoms with Crippen molar-refractivity contribution in [3.8, 4) is 0 Å². The maximum atomic E-state index is 11.6. The molecule has 102 valence electrons. The number of thiazole rings is 1. The lowest BCUT2D eigenvalue weighted by molar-refractivity contribution is 0.0354. The van der Waals surface area contributed by atoms with Gasteiger partial charge in [-0.3, -0.25) is 5.32 Å². The van der Waals surface area contributed by atoms with E-state index in [1.54, 1.807) is 6.20 Å². The van der Waals surface area contributed by atoms with Gasteiger partial charge in [0.15, 0.2) is 5.13 Å². The normalized spacial score (nSPS) is 11.3. The second kappa shape index (κ2) is 6.70. The van der Waals surface area contributed by atoms with E-state index in [-0.39, 0.29) is 12.6 Å². The third-order valence-electron chi connectivity index (χ3n) is 3.02. The fourth-order valence-electron chi connectivity index (χ4n) is 1.41. The molecule has 0 aliphatic rings. The highest BCUT2D eigenvalue weighted by molar-refractivity contribution is 7.15. The molecular weight excluding hydrogens is 250 g/mol. The van der Waals surface area contributed by atoms with E-state index in [4.69, 9.17) is 0 Å². The molecule has 18 heavy (non-hydrogen) atoms. The molecular formula is C12H21N3O2S. The largest absolute Gasteiger partial charge is 0.388 e. The topological polar surface area (TPSA) is 74.2 Å². The first-order valence-electron chi connectivity index (χ1n) is 6.25. The third-order valence-corrected chi connectivity index (χ3v) is 4.07. The minimum absolute atomic E-state index is 0.248. The zero-order chi connectivity index (χ0) is 13.6. The summed E-state index contributed by atoms with van der Waals surface area (Å²) in [4.78, 5) is 16.8. The number of carbonyl (C=O) groups excluding carboxylic acids is 1. The van der Waals surface area contributed by atoms with E-state index in [1.165, 1.54) is 11.3 Å². The van der Waals surface area contributed by atoms with E-state index >= 15 is 0 Å². The highest BCUT2D eigenvalue weighted by Crippen LogP contribution is 2.18. The number of aromatic nitrogens is 1. The highest BCUT2D eigenvalue weighted by atomic mass is 32.1. The maximum absolute atomic E-state index is 11.6. The minimum atomic E-state index is -0.825. The van der Waals surface area contributed by atoms with Gasteiger partial charge in [0.25, 0.3) is 0 Å². The Morgan fingerprint density at radius 2 is 2.11 bits per heavy atom. The molecule has 0 aliphatic heterocycles. The van der Waals surface area contributed by atoms with Crippen LogP contribution in [-0.4, -0.2) is 28.3 Å². The summed E-state index contributed by atoms with van der Waals surface area (Å²) < 4.78 is 0. The Balaban J connectivity index is 2.42. The lowest BCUT2D eigenvalue weighted by Crippen LogP contribution is -2.43. The van der Waals surface area contributed by atoms with Crippen molar-refractivity contribution in [3.05, 3.63) is 11.1 Å². The number of aryl methyl sites for hydroxylation is 1. The molecule has 3 N–H and O–H groups in total. The summed E-state index contributed by atoms with van der Waals surface area (Å²) in [6.45, 7) is 6.09. The van der Waals surface area contributed by atoms with Crippen molar-refractivity contribution < 1.29 is 9.90 Å². The van der Waals surface area contributed by atoms with Gasteiger partial charge in [-0.05, 0) is 19.3 Å². The van der Waals surface area contributed by atoms with Crippen LogP contribution in [0.2, 0.25) is 0 Å². The summed E-state index contributed by atoms with van der Waals surface area (Å²) in [6.07, 6.45) is 3.89. The van der Waals surface area contributed by atoms with Gasteiger partial charge in [0.1, 0.15) is 0 Å². The van der Waals surface area contributed by atoms with Crippen LogP contribution in [0.15, 0.2) is 6.20 Å². The van der Waals surface area contributed by atoms with Crippen molar-refractivity contribution in [1.29, 1.82) is 0 Å². The van der Waals surface area contributed by atoms with Crippen LogP contribution >= 0.6 is 11.3 Å². The van der Waals surface area contributed by atoms with Crippen molar-refractivity contribution in [1.82, 2.24) is 10.3 Å². The summed E-state index contributed by atoms with van der Waals surface area (Å²) >= 11 is 1.46. The molecule has 1 aromatic rings. The average Bonchev–Trinajstić information content (AvgIpc) is 2.83. The van der Waals surface area contributed by atoms with Crippen molar-refractivity contribution >= 4 is 22.5 Å². The average molecular weight is 271 g/mol. The van der Waals surface area contributed by atoms with Crippen molar-refractivity contribution in [2.24, 2.45) is 0 Å². The van der Waals surface area contributed by atoms with Gasteiger partial charge < -0.3 is 10.4 Å². The molecule has 1 rings (SSSR count). The molecule has 0 spiro atoms. The number of anilines is 1. The summed E-state index contributed by atoms with van der Waals surface area (Å²) in [6, 6.07) is -0.327. The van der Waals surface area contributed by atoms with E-state index < -0.39 is 5.60 Å². The molecule has 0 fully saturated rings. The molecule has 0 bridgehead atoms. The third kappa shape index (κ3) is 4.27. The molecule has 0 saturated heterocycles. The Bertz CT molecular complexity index is 388. The summed E-state index contributed by atoms with van der Waals surface area (Å²) in [5.74, 6) is 0. The Morgan fingerprint density at radius 3 is 2.61 bits per heavy atom. The van der Waals surface area contributed by atoms with Crippen LogP contribution in [0, 0.1) is 0 Å². The number of hydrogen-bond acceptors (Lipinski definition) is 4. The first kappa shape index (κ1) is 14.9. The fraction of sp³-hybridized carbons (Fsp3) is 0.667. The molecule has 2 amide bonds. The van der Waals surface area contributed by atoms with Crippen LogP contribution < -0.4 is 10.6 Å². The maximum Gasteiger partial charge on any atom is 0.321 e. The predicted molar refractivity (Wildman–Crippen MR) is 74.0 cm³/mol. The second-order valence-corrected chi connectivity index (χ2v) is 5.34. The van der Waals surface area contributed by atoms with E-state index in [0.717, 1.165) is 11.3 Å². The minimum Gasteiger partial charge on any atom is -0.388 e. The molecule has 0 aromatic carbocycles. The Kier molecular flexibility index (Phi) is 5.55. The van der Waals surface area contributed by atoms with Gasteiger partial charge in [-0.2, -0.15) is 0 Å². The van der Waals surface area contributed by atoms with Crippen LogP contribution in [0.4, 0.5) is 9.93 Å². The van der Waals surface area contributed by atoms with Gasteiger partial charge in [-0.15, -0.1) is 11.3 Å². The van der Waals surface area contributed by atoms with Crippen LogP contribution in [0.5, 0.6) is 0 Å².